The average Bonchev–Trinajstić information content (AvgIpc) is 2.84. The molecule has 0 bridgehead atoms. The van der Waals surface area contributed by atoms with E-state index in [0.717, 1.165) is 39.1 Å². The van der Waals surface area contributed by atoms with E-state index in [0.29, 0.717) is 5.69 Å². The second kappa shape index (κ2) is 11.4. The van der Waals surface area contributed by atoms with Crippen LogP contribution in [-0.2, 0) is 14.8 Å². The molecule has 0 radical (unpaired) electrons. The summed E-state index contributed by atoms with van der Waals surface area (Å²) in [7, 11) is -2.33. The number of nitrogens with one attached hydrogen (secondary N) is 1. The van der Waals surface area contributed by atoms with Crippen molar-refractivity contribution in [1.29, 1.82) is 0 Å². The molecule has 0 aliphatic heterocycles. The zero-order valence-corrected chi connectivity index (χ0v) is 23.9. The van der Waals surface area contributed by atoms with Crippen molar-refractivity contribution in [3.05, 3.63) is 88.0 Å². The Morgan fingerprint density at radius 1 is 0.919 bits per heavy atom. The summed E-state index contributed by atoms with van der Waals surface area (Å²) in [6, 6.07) is 15.9. The van der Waals surface area contributed by atoms with Gasteiger partial charge in [0.15, 0.2) is 0 Å². The molecule has 0 fully saturated rings. The first kappa shape index (κ1) is 28.3. The molecule has 1 atom stereocenters. The molecule has 0 aliphatic carbocycles. The fourth-order valence-corrected chi connectivity index (χ4v) is 5.93. The standard InChI is InChI=1S/C30H38N2O4S/c1-19(2)26-17-27(22(5)16-29(26)36-8)24(7)31-30(33)18-32(28-11-9-10-21(4)23(28)6)37(34,35)25-14-12-20(3)13-15-25/h9-17,19,24H,18H2,1-8H3,(H,31,33)/t24-/m1/s1. The average molecular weight is 523 g/mol. The largest absolute Gasteiger partial charge is 0.496 e. The Labute approximate surface area is 221 Å². The molecule has 1 amide bonds. The molecule has 0 unspecified atom stereocenters. The van der Waals surface area contributed by atoms with E-state index in [1.165, 1.54) is 4.31 Å². The number of methoxy groups -OCH3 is 1. The molecular formula is C30H38N2O4S. The molecule has 0 aromatic heterocycles. The quantitative estimate of drug-likeness (QED) is 0.367. The maximum atomic E-state index is 13.8. The summed E-state index contributed by atoms with van der Waals surface area (Å²) in [5, 5.41) is 3.02. The van der Waals surface area contributed by atoms with Crippen LogP contribution in [0.2, 0.25) is 0 Å². The van der Waals surface area contributed by atoms with Crippen molar-refractivity contribution in [3.8, 4) is 5.75 Å². The zero-order valence-electron chi connectivity index (χ0n) is 23.0. The number of aryl methyl sites for hydroxylation is 3. The lowest BCUT2D eigenvalue weighted by molar-refractivity contribution is -0.120. The maximum absolute atomic E-state index is 13.8. The number of anilines is 1. The highest BCUT2D eigenvalue weighted by molar-refractivity contribution is 7.92. The third-order valence-corrected chi connectivity index (χ3v) is 8.60. The van der Waals surface area contributed by atoms with Crippen LogP contribution < -0.4 is 14.4 Å². The Hall–Kier alpha value is -3.32. The molecule has 3 rings (SSSR count). The Morgan fingerprint density at radius 3 is 2.16 bits per heavy atom. The molecular weight excluding hydrogens is 484 g/mol. The Bertz CT molecular complexity index is 1380. The highest BCUT2D eigenvalue weighted by atomic mass is 32.2. The van der Waals surface area contributed by atoms with E-state index in [1.807, 2.05) is 52.8 Å². The van der Waals surface area contributed by atoms with Gasteiger partial charge in [0.2, 0.25) is 5.91 Å². The summed E-state index contributed by atoms with van der Waals surface area (Å²) in [6.07, 6.45) is 0. The predicted molar refractivity (Wildman–Crippen MR) is 150 cm³/mol. The number of rotatable bonds is 9. The van der Waals surface area contributed by atoms with Gasteiger partial charge in [-0.15, -0.1) is 0 Å². The van der Waals surface area contributed by atoms with Gasteiger partial charge in [-0.2, -0.15) is 0 Å². The molecule has 198 valence electrons. The monoisotopic (exact) mass is 522 g/mol. The molecule has 3 aromatic rings. The molecule has 0 aliphatic rings. The minimum absolute atomic E-state index is 0.146. The van der Waals surface area contributed by atoms with Crippen molar-refractivity contribution >= 4 is 21.6 Å². The fraction of sp³-hybridized carbons (Fsp3) is 0.367. The number of nitrogens with zero attached hydrogens (tertiary/aromatic N) is 1. The lowest BCUT2D eigenvalue weighted by atomic mass is 9.93. The Balaban J connectivity index is 1.96. The van der Waals surface area contributed by atoms with Gasteiger partial charge in [-0.05, 0) is 98.7 Å². The minimum atomic E-state index is -3.98. The summed E-state index contributed by atoms with van der Waals surface area (Å²) in [5.41, 5.74) is 6.23. The lowest BCUT2D eigenvalue weighted by Gasteiger charge is -2.27. The summed E-state index contributed by atoms with van der Waals surface area (Å²) in [6.45, 7) is 13.4. The van der Waals surface area contributed by atoms with Crippen LogP contribution in [0.4, 0.5) is 5.69 Å². The molecule has 6 nitrogen and oxygen atoms in total. The summed E-state index contributed by atoms with van der Waals surface area (Å²) in [4.78, 5) is 13.5. The van der Waals surface area contributed by atoms with E-state index in [-0.39, 0.29) is 29.3 Å². The van der Waals surface area contributed by atoms with Crippen LogP contribution >= 0.6 is 0 Å². The number of hydrogen-bond acceptors (Lipinski definition) is 4. The highest BCUT2D eigenvalue weighted by Gasteiger charge is 2.29. The Morgan fingerprint density at radius 2 is 1.57 bits per heavy atom. The van der Waals surface area contributed by atoms with E-state index in [1.54, 1.807) is 37.4 Å². The van der Waals surface area contributed by atoms with Gasteiger partial charge >= 0.3 is 0 Å². The first-order valence-corrected chi connectivity index (χ1v) is 13.9. The van der Waals surface area contributed by atoms with Crippen molar-refractivity contribution in [2.24, 2.45) is 0 Å². The first-order valence-electron chi connectivity index (χ1n) is 12.5. The summed E-state index contributed by atoms with van der Waals surface area (Å²) in [5.74, 6) is 0.683. The highest BCUT2D eigenvalue weighted by Crippen LogP contribution is 2.32. The van der Waals surface area contributed by atoms with Crippen molar-refractivity contribution < 1.29 is 17.9 Å². The van der Waals surface area contributed by atoms with Gasteiger partial charge in [-0.1, -0.05) is 43.7 Å². The van der Waals surface area contributed by atoms with Gasteiger partial charge in [0, 0.05) is 0 Å². The number of benzene rings is 3. The number of carbonyl (C=O) groups is 1. The molecule has 0 heterocycles. The van der Waals surface area contributed by atoms with Gasteiger partial charge in [-0.3, -0.25) is 9.10 Å². The van der Waals surface area contributed by atoms with Crippen molar-refractivity contribution in [2.45, 2.75) is 65.3 Å². The molecule has 7 heteroatoms. The van der Waals surface area contributed by atoms with Crippen LogP contribution in [-0.4, -0.2) is 28.0 Å². The smallest absolute Gasteiger partial charge is 0.264 e. The molecule has 0 saturated carbocycles. The van der Waals surface area contributed by atoms with Crippen LogP contribution in [0.25, 0.3) is 0 Å². The third-order valence-electron chi connectivity index (χ3n) is 6.83. The van der Waals surface area contributed by atoms with Crippen LogP contribution in [0, 0.1) is 27.7 Å². The molecule has 37 heavy (non-hydrogen) atoms. The molecule has 3 aromatic carbocycles. The van der Waals surface area contributed by atoms with Gasteiger partial charge in [0.25, 0.3) is 10.0 Å². The number of hydrogen-bond donors (Lipinski definition) is 1. The predicted octanol–water partition coefficient (Wildman–Crippen LogP) is 6.12. The minimum Gasteiger partial charge on any atom is -0.496 e. The number of amides is 1. The van der Waals surface area contributed by atoms with Crippen molar-refractivity contribution in [2.75, 3.05) is 18.0 Å². The SMILES string of the molecule is COc1cc(C)c([C@@H](C)NC(=O)CN(c2cccc(C)c2C)S(=O)(=O)c2ccc(C)cc2)cc1C(C)C. The summed E-state index contributed by atoms with van der Waals surface area (Å²) < 4.78 is 34.3. The number of carbonyl (C=O) groups excluding carboxylic acids is 1. The van der Waals surface area contributed by atoms with E-state index < -0.39 is 10.0 Å². The van der Waals surface area contributed by atoms with Gasteiger partial charge in [-0.25, -0.2) is 8.42 Å². The second-order valence-electron chi connectivity index (χ2n) is 9.94. The van der Waals surface area contributed by atoms with Crippen LogP contribution in [0.3, 0.4) is 0 Å². The lowest BCUT2D eigenvalue weighted by Crippen LogP contribution is -2.42. The second-order valence-corrected chi connectivity index (χ2v) is 11.8. The van der Waals surface area contributed by atoms with Gasteiger partial charge in [0.05, 0.1) is 23.7 Å². The van der Waals surface area contributed by atoms with Crippen molar-refractivity contribution in [1.82, 2.24) is 5.32 Å². The van der Waals surface area contributed by atoms with E-state index >= 15 is 0 Å². The topological polar surface area (TPSA) is 75.7 Å². The normalized spacial score (nSPS) is 12.4. The Kier molecular flexibility index (Phi) is 8.69. The van der Waals surface area contributed by atoms with E-state index in [2.05, 4.69) is 25.2 Å². The maximum Gasteiger partial charge on any atom is 0.264 e. The van der Waals surface area contributed by atoms with Crippen LogP contribution in [0.1, 0.15) is 66.1 Å². The fourth-order valence-electron chi connectivity index (χ4n) is 4.45. The molecule has 0 saturated heterocycles. The van der Waals surface area contributed by atoms with E-state index in [9.17, 15) is 13.2 Å². The summed E-state index contributed by atoms with van der Waals surface area (Å²) >= 11 is 0. The van der Waals surface area contributed by atoms with Crippen molar-refractivity contribution in [3.63, 3.8) is 0 Å². The zero-order chi connectivity index (χ0) is 27.5. The first-order chi connectivity index (χ1) is 17.4. The van der Waals surface area contributed by atoms with Gasteiger partial charge < -0.3 is 10.1 Å². The van der Waals surface area contributed by atoms with Crippen LogP contribution in [0.15, 0.2) is 59.5 Å². The molecule has 1 N–H and O–H groups in total. The van der Waals surface area contributed by atoms with Gasteiger partial charge in [0.1, 0.15) is 12.3 Å². The van der Waals surface area contributed by atoms with Crippen LogP contribution in [0.5, 0.6) is 5.75 Å². The third kappa shape index (κ3) is 6.16. The number of sulfonamides is 1. The van der Waals surface area contributed by atoms with E-state index in [4.69, 9.17) is 4.74 Å². The number of ether oxygens (including phenoxy) is 1. The molecule has 0 spiro atoms.